The number of rotatable bonds is 14. The van der Waals surface area contributed by atoms with Crippen molar-refractivity contribution in [2.24, 2.45) is 11.3 Å². The second-order valence-corrected chi connectivity index (χ2v) is 16.9. The molecule has 0 radical (unpaired) electrons. The van der Waals surface area contributed by atoms with Gasteiger partial charge in [-0.25, -0.2) is 9.59 Å². The summed E-state index contributed by atoms with van der Waals surface area (Å²) >= 11 is 0. The molecule has 7 rings (SSSR count). The second kappa shape index (κ2) is 19.2. The van der Waals surface area contributed by atoms with Crippen LogP contribution in [-0.4, -0.2) is 75.0 Å². The summed E-state index contributed by atoms with van der Waals surface area (Å²) in [7, 11) is 3.80. The van der Waals surface area contributed by atoms with Crippen molar-refractivity contribution in [3.63, 3.8) is 0 Å². The number of unbranched alkanes of at least 4 members (excludes halogenated alkanes) is 3. The molecule has 2 aromatic rings. The number of nitrogens with one attached hydrogen (secondary N) is 2. The number of fused-ring (bicyclic) bond motifs is 6. The zero-order valence-corrected chi connectivity index (χ0v) is 36.0. The van der Waals surface area contributed by atoms with Gasteiger partial charge in [-0.1, -0.05) is 61.3 Å². The van der Waals surface area contributed by atoms with Gasteiger partial charge in [0.15, 0.2) is 5.60 Å². The van der Waals surface area contributed by atoms with Gasteiger partial charge < -0.3 is 34.2 Å². The van der Waals surface area contributed by atoms with Crippen molar-refractivity contribution < 1.29 is 42.6 Å². The number of carbonyl (C=O) groups is 5. The van der Waals surface area contributed by atoms with E-state index in [0.29, 0.717) is 42.7 Å². The monoisotopic (exact) mass is 835 g/mol. The summed E-state index contributed by atoms with van der Waals surface area (Å²) in [5.41, 5.74) is 1.71. The average Bonchev–Trinajstić information content (AvgIpc) is 3.45. The van der Waals surface area contributed by atoms with Crippen molar-refractivity contribution in [2.75, 3.05) is 38.7 Å². The maximum absolute atomic E-state index is 14.2. The van der Waals surface area contributed by atoms with Crippen molar-refractivity contribution in [3.05, 3.63) is 111 Å². The van der Waals surface area contributed by atoms with E-state index in [4.69, 9.17) is 18.6 Å². The minimum atomic E-state index is -1.40. The molecular weight excluding hydrogens is 779 g/mol. The van der Waals surface area contributed by atoms with Crippen molar-refractivity contribution in [1.29, 1.82) is 0 Å². The lowest BCUT2D eigenvalue weighted by atomic mass is 9.61. The molecule has 3 aliphatic heterocycles. The highest BCUT2D eigenvalue weighted by Crippen LogP contribution is 2.53. The Balaban J connectivity index is 0.943. The van der Waals surface area contributed by atoms with Crippen LogP contribution in [0, 0.1) is 11.3 Å². The van der Waals surface area contributed by atoms with Crippen molar-refractivity contribution in [1.82, 2.24) is 10.6 Å². The number of amides is 2. The van der Waals surface area contributed by atoms with Gasteiger partial charge in [0.05, 0.1) is 18.3 Å². The lowest BCUT2D eigenvalue weighted by Gasteiger charge is -2.45. The Morgan fingerprint density at radius 3 is 2.36 bits per heavy atom. The first-order valence-corrected chi connectivity index (χ1v) is 21.1. The first-order valence-electron chi connectivity index (χ1n) is 21.1. The van der Waals surface area contributed by atoms with E-state index in [-0.39, 0.29) is 60.7 Å². The molecule has 0 saturated carbocycles. The van der Waals surface area contributed by atoms with E-state index in [0.717, 1.165) is 47.9 Å². The molecule has 4 atom stereocenters. The van der Waals surface area contributed by atoms with Crippen LogP contribution >= 0.6 is 0 Å². The number of ketones is 1. The smallest absolute Gasteiger partial charge is 0.346 e. The number of carbonyl (C=O) groups excluding carboxylic acids is 5. The molecule has 1 aromatic heterocycles. The van der Waals surface area contributed by atoms with Crippen LogP contribution in [0.3, 0.4) is 0 Å². The number of nitrogens with zero attached hydrogens (tertiary/aromatic N) is 1. The zero-order chi connectivity index (χ0) is 43.9. The third-order valence-electron chi connectivity index (χ3n) is 11.9. The highest BCUT2D eigenvalue weighted by molar-refractivity contribution is 6.26. The van der Waals surface area contributed by atoms with Crippen LogP contribution in [0.4, 0.5) is 5.69 Å². The summed E-state index contributed by atoms with van der Waals surface area (Å²) in [6.07, 6.45) is 16.2. The normalized spacial score (nSPS) is 24.7. The molecule has 2 amide bonds. The maximum Gasteiger partial charge on any atom is 0.346 e. The third-order valence-corrected chi connectivity index (χ3v) is 11.9. The van der Waals surface area contributed by atoms with E-state index in [1.807, 2.05) is 83.1 Å². The lowest BCUT2D eigenvalue weighted by Crippen LogP contribution is -2.53. The number of ether oxygens (including phenoxy) is 3. The molecule has 1 saturated heterocycles. The number of benzene rings is 1. The van der Waals surface area contributed by atoms with E-state index in [1.54, 1.807) is 24.3 Å². The van der Waals surface area contributed by atoms with Gasteiger partial charge in [0.2, 0.25) is 17.6 Å². The van der Waals surface area contributed by atoms with Gasteiger partial charge >= 0.3 is 17.6 Å². The Bertz CT molecular complexity index is 2330. The van der Waals surface area contributed by atoms with Crippen LogP contribution in [0.25, 0.3) is 11.0 Å². The molecule has 4 bridgehead atoms. The van der Waals surface area contributed by atoms with Gasteiger partial charge in [0.1, 0.15) is 29.6 Å². The molecular formula is C48H57N3O10. The van der Waals surface area contributed by atoms with E-state index in [2.05, 4.69) is 10.6 Å². The molecule has 61 heavy (non-hydrogen) atoms. The molecule has 5 aliphatic rings. The van der Waals surface area contributed by atoms with Crippen LogP contribution in [0.5, 0.6) is 0 Å². The van der Waals surface area contributed by atoms with Crippen molar-refractivity contribution in [2.45, 2.75) is 97.2 Å². The van der Waals surface area contributed by atoms with Gasteiger partial charge in [-0.15, -0.1) is 0 Å². The number of esters is 2. The highest BCUT2D eigenvalue weighted by Gasteiger charge is 2.64. The summed E-state index contributed by atoms with van der Waals surface area (Å²) in [5.74, 6) is -1.82. The van der Waals surface area contributed by atoms with Gasteiger partial charge in [0, 0.05) is 69.7 Å². The molecule has 1 spiro atoms. The number of hydrogen-bond acceptors (Lipinski definition) is 11. The molecule has 2 N–H and O–H groups in total. The van der Waals surface area contributed by atoms with Crippen LogP contribution in [0.15, 0.2) is 104 Å². The highest BCUT2D eigenvalue weighted by atomic mass is 16.6. The number of Topliss-reactive ketones (excluding diaryl/α,β-unsaturated/α-hetero) is 1. The molecule has 1 aromatic carbocycles. The van der Waals surface area contributed by atoms with Crippen molar-refractivity contribution >= 4 is 46.2 Å². The summed E-state index contributed by atoms with van der Waals surface area (Å²) in [6.45, 7) is 8.91. The number of hydrogen-bond donors (Lipinski definition) is 2. The Kier molecular flexibility index (Phi) is 14.0. The van der Waals surface area contributed by atoms with Crippen molar-refractivity contribution in [3.8, 4) is 0 Å². The predicted molar refractivity (Wildman–Crippen MR) is 231 cm³/mol. The van der Waals surface area contributed by atoms with Crippen LogP contribution in [0.2, 0.25) is 0 Å². The largest absolute Gasteiger partial charge is 0.488 e. The first kappa shape index (κ1) is 44.6. The molecule has 13 nitrogen and oxygen atoms in total. The fourth-order valence-corrected chi connectivity index (χ4v) is 8.42. The van der Waals surface area contributed by atoms with E-state index in [1.165, 1.54) is 6.07 Å². The minimum Gasteiger partial charge on any atom is -0.488 e. The molecule has 4 heterocycles. The summed E-state index contributed by atoms with van der Waals surface area (Å²) in [6, 6.07) is 6.92. The Labute approximate surface area is 356 Å². The quantitative estimate of drug-likeness (QED) is 0.0708. The van der Waals surface area contributed by atoms with Gasteiger partial charge in [0.25, 0.3) is 0 Å². The predicted octanol–water partition coefficient (Wildman–Crippen LogP) is 6.42. The minimum absolute atomic E-state index is 0.0166. The number of allylic oxidation sites excluding steroid dienone is 4. The van der Waals surface area contributed by atoms with E-state index in [9.17, 15) is 28.8 Å². The molecule has 13 heteroatoms. The SMILES string of the molecule is CC1=CC2(C)C=C(C)C(C)CC23OC(=O)/C(=C2\C=CC(=CC(OC(=O)CCC(=O)NCCCCCCNC(=O)Cc4cc(=O)oc5cc(N(C)C)ccc45)CC=C1)CO2)C3=O. The zero-order valence-electron chi connectivity index (χ0n) is 36.0. The van der Waals surface area contributed by atoms with E-state index >= 15 is 0 Å². The Morgan fingerprint density at radius 2 is 1.66 bits per heavy atom. The molecule has 324 valence electrons. The Morgan fingerprint density at radius 1 is 0.918 bits per heavy atom. The molecule has 2 aliphatic carbocycles. The van der Waals surface area contributed by atoms with Crippen LogP contribution in [-0.2, 0) is 44.6 Å². The first-order chi connectivity index (χ1) is 29.1. The number of anilines is 1. The van der Waals surface area contributed by atoms with Gasteiger partial charge in [-0.2, -0.15) is 0 Å². The van der Waals surface area contributed by atoms with E-state index < -0.39 is 34.7 Å². The van der Waals surface area contributed by atoms with Crippen LogP contribution < -0.4 is 21.2 Å². The second-order valence-electron chi connectivity index (χ2n) is 16.9. The van der Waals surface area contributed by atoms with Gasteiger partial charge in [-0.05, 0) is 75.0 Å². The maximum atomic E-state index is 14.2. The fraction of sp³-hybridized carbons (Fsp3) is 0.458. The Hall–Kier alpha value is -5.98. The van der Waals surface area contributed by atoms with Crippen LogP contribution in [0.1, 0.15) is 84.6 Å². The summed E-state index contributed by atoms with van der Waals surface area (Å²) in [5, 5.41) is 6.52. The third kappa shape index (κ3) is 10.5. The fourth-order valence-electron chi connectivity index (χ4n) is 8.42. The molecule has 4 unspecified atom stereocenters. The standard InChI is InChI=1S/C48H57N3O10/c1-30-12-11-13-36(22-33-14-17-38(58-29-33)44-45(56)48(61-46(44)57)28-32(3)31(2)27-47(48,4)26-30)59-42(54)19-18-40(52)49-20-9-7-8-10-21-50-41(53)23-34-24-43(55)60-39-25-35(51(5)6)15-16-37(34)39/h11-12,14-17,22,24-27,32,36H,7-10,13,18-21,23,28-29H2,1-6H3,(H,49,52)(H,50,53)/b12-11?,30-26?,33-22?,44-38+. The average molecular weight is 836 g/mol. The summed E-state index contributed by atoms with van der Waals surface area (Å²) in [4.78, 5) is 79.8. The van der Waals surface area contributed by atoms with Gasteiger partial charge in [-0.3, -0.25) is 19.2 Å². The summed E-state index contributed by atoms with van der Waals surface area (Å²) < 4.78 is 23.2. The lowest BCUT2D eigenvalue weighted by molar-refractivity contribution is -0.162. The topological polar surface area (TPSA) is 171 Å². The molecule has 1 fully saturated rings.